The highest BCUT2D eigenvalue weighted by molar-refractivity contribution is 5.93. The zero-order valence-corrected chi connectivity index (χ0v) is 16.0. The Balaban J connectivity index is 1.43. The Hall–Kier alpha value is -3.20. The van der Waals surface area contributed by atoms with Crippen LogP contribution in [-0.2, 0) is 0 Å². The number of amides is 1. The summed E-state index contributed by atoms with van der Waals surface area (Å²) in [5, 5.41) is 9.18. The van der Waals surface area contributed by atoms with Crippen molar-refractivity contribution in [2.45, 2.75) is 25.3 Å². The zero-order chi connectivity index (χ0) is 20.1. The van der Waals surface area contributed by atoms with E-state index in [4.69, 9.17) is 0 Å². The van der Waals surface area contributed by atoms with Gasteiger partial charge in [0.25, 0.3) is 17.0 Å². The van der Waals surface area contributed by atoms with E-state index in [0.717, 1.165) is 30.9 Å². The number of piperidine rings is 1. The van der Waals surface area contributed by atoms with Gasteiger partial charge in [-0.3, -0.25) is 19.5 Å². The number of pyridine rings is 1. The Bertz CT molecular complexity index is 1220. The van der Waals surface area contributed by atoms with E-state index in [2.05, 4.69) is 20.7 Å². The van der Waals surface area contributed by atoms with Gasteiger partial charge in [0.1, 0.15) is 5.56 Å². The van der Waals surface area contributed by atoms with E-state index in [1.165, 1.54) is 10.7 Å². The SMILES string of the molecule is Cc1cc2ncc(C(=O)NC[C@H]3[C@@H]4CNC[C@@H](C4)c4cccc(=O)n43)c(=O)n2[nH]1. The van der Waals surface area contributed by atoms with Gasteiger partial charge in [-0.1, -0.05) is 6.07 Å². The molecule has 3 aromatic rings. The number of nitrogens with zero attached hydrogens (tertiary/aromatic N) is 3. The molecule has 2 aliphatic heterocycles. The number of H-pyrrole nitrogens is 1. The fourth-order valence-corrected chi connectivity index (χ4v) is 4.70. The lowest BCUT2D eigenvalue weighted by atomic mass is 9.79. The summed E-state index contributed by atoms with van der Waals surface area (Å²) < 4.78 is 3.09. The summed E-state index contributed by atoms with van der Waals surface area (Å²) in [6, 6.07) is 6.92. The summed E-state index contributed by atoms with van der Waals surface area (Å²) in [4.78, 5) is 42.1. The molecule has 1 amide bonds. The van der Waals surface area contributed by atoms with Crippen molar-refractivity contribution in [1.82, 2.24) is 29.8 Å². The van der Waals surface area contributed by atoms with Gasteiger partial charge < -0.3 is 15.2 Å². The minimum Gasteiger partial charge on any atom is -0.350 e. The van der Waals surface area contributed by atoms with Crippen molar-refractivity contribution in [2.24, 2.45) is 5.92 Å². The molecule has 0 radical (unpaired) electrons. The minimum absolute atomic E-state index is 0.0274. The lowest BCUT2D eigenvalue weighted by Gasteiger charge is -2.43. The molecule has 3 atom stereocenters. The van der Waals surface area contributed by atoms with Gasteiger partial charge >= 0.3 is 0 Å². The predicted molar refractivity (Wildman–Crippen MR) is 106 cm³/mol. The van der Waals surface area contributed by atoms with Gasteiger partial charge in [0, 0.05) is 55.3 Å². The molecule has 5 heterocycles. The van der Waals surface area contributed by atoms with Gasteiger partial charge in [0.05, 0.1) is 6.04 Å². The Morgan fingerprint density at radius 1 is 1.31 bits per heavy atom. The van der Waals surface area contributed by atoms with E-state index in [-0.39, 0.29) is 29.6 Å². The minimum atomic E-state index is -0.486. The highest BCUT2D eigenvalue weighted by Crippen LogP contribution is 2.38. The molecule has 3 N–H and O–H groups in total. The number of rotatable bonds is 3. The molecule has 29 heavy (non-hydrogen) atoms. The standard InChI is InChI=1S/C20H22N6O3/c1-11-5-17-22-9-14(20(29)26(17)24-11)19(28)23-10-16-13-6-12(7-21-8-13)15-3-2-4-18(27)25(15)16/h2-5,9,12-13,16,21,24H,6-8,10H2,1H3,(H,23,28)/t12-,13+,16+/m1/s1. The molecule has 1 fully saturated rings. The Morgan fingerprint density at radius 2 is 2.17 bits per heavy atom. The number of aromatic nitrogens is 4. The fourth-order valence-electron chi connectivity index (χ4n) is 4.70. The monoisotopic (exact) mass is 394 g/mol. The van der Waals surface area contributed by atoms with Crippen molar-refractivity contribution >= 4 is 11.6 Å². The number of hydrogen-bond donors (Lipinski definition) is 3. The maximum atomic E-state index is 12.7. The van der Waals surface area contributed by atoms with Crippen LogP contribution >= 0.6 is 0 Å². The number of aryl methyl sites for hydroxylation is 1. The molecule has 150 valence electrons. The molecule has 0 aliphatic carbocycles. The van der Waals surface area contributed by atoms with E-state index < -0.39 is 11.5 Å². The van der Waals surface area contributed by atoms with Crippen LogP contribution in [0.5, 0.6) is 0 Å². The average molecular weight is 394 g/mol. The van der Waals surface area contributed by atoms with Gasteiger partial charge in [0.2, 0.25) is 0 Å². The maximum absolute atomic E-state index is 12.7. The van der Waals surface area contributed by atoms with Crippen LogP contribution in [0.25, 0.3) is 5.65 Å². The van der Waals surface area contributed by atoms with Crippen LogP contribution < -0.4 is 21.8 Å². The number of aromatic amines is 1. The summed E-state index contributed by atoms with van der Waals surface area (Å²) >= 11 is 0. The largest absolute Gasteiger partial charge is 0.350 e. The third-order valence-corrected chi connectivity index (χ3v) is 6.04. The third-order valence-electron chi connectivity index (χ3n) is 6.04. The van der Waals surface area contributed by atoms with Crippen LogP contribution in [0.4, 0.5) is 0 Å². The van der Waals surface area contributed by atoms with Gasteiger partial charge in [-0.05, 0) is 25.3 Å². The van der Waals surface area contributed by atoms with Crippen LogP contribution in [0.3, 0.4) is 0 Å². The van der Waals surface area contributed by atoms with Gasteiger partial charge in [-0.15, -0.1) is 0 Å². The number of carbonyl (C=O) groups excluding carboxylic acids is 1. The molecule has 0 unspecified atom stereocenters. The van der Waals surface area contributed by atoms with Gasteiger partial charge in [0.15, 0.2) is 5.65 Å². The second-order valence-electron chi connectivity index (χ2n) is 7.90. The third kappa shape index (κ3) is 2.89. The Labute approximate surface area is 165 Å². The lowest BCUT2D eigenvalue weighted by molar-refractivity contribution is 0.0930. The second-order valence-corrected chi connectivity index (χ2v) is 7.90. The number of carbonyl (C=O) groups is 1. The van der Waals surface area contributed by atoms with Crippen molar-refractivity contribution in [3.63, 3.8) is 0 Å². The summed E-state index contributed by atoms with van der Waals surface area (Å²) in [7, 11) is 0. The molecule has 9 heteroatoms. The normalized spacial score (nSPS) is 23.0. The first-order valence-corrected chi connectivity index (χ1v) is 9.80. The number of nitrogens with one attached hydrogen (secondary N) is 3. The Morgan fingerprint density at radius 3 is 3.03 bits per heavy atom. The highest BCUT2D eigenvalue weighted by atomic mass is 16.2. The van der Waals surface area contributed by atoms with Crippen LogP contribution in [0, 0.1) is 12.8 Å². The fraction of sp³-hybridized carbons (Fsp3) is 0.400. The first kappa shape index (κ1) is 17.9. The molecule has 9 nitrogen and oxygen atoms in total. The molecule has 3 aromatic heterocycles. The molecular formula is C20H22N6O3. The van der Waals surface area contributed by atoms with Crippen LogP contribution in [-0.4, -0.2) is 44.7 Å². The van der Waals surface area contributed by atoms with E-state index in [1.54, 1.807) is 18.2 Å². The topological polar surface area (TPSA) is 113 Å². The highest BCUT2D eigenvalue weighted by Gasteiger charge is 2.37. The molecule has 0 aromatic carbocycles. The number of fused-ring (bicyclic) bond motifs is 5. The van der Waals surface area contributed by atoms with Crippen molar-refractivity contribution < 1.29 is 4.79 Å². The molecule has 5 rings (SSSR count). The quantitative estimate of drug-likeness (QED) is 0.586. The average Bonchev–Trinajstić information content (AvgIpc) is 3.10. The van der Waals surface area contributed by atoms with Crippen LogP contribution in [0.1, 0.15) is 40.1 Å². The lowest BCUT2D eigenvalue weighted by Crippen LogP contribution is -2.50. The van der Waals surface area contributed by atoms with Gasteiger partial charge in [-0.25, -0.2) is 9.50 Å². The van der Waals surface area contributed by atoms with Crippen molar-refractivity contribution in [2.75, 3.05) is 19.6 Å². The first-order valence-electron chi connectivity index (χ1n) is 9.80. The zero-order valence-electron chi connectivity index (χ0n) is 16.0. The van der Waals surface area contributed by atoms with E-state index in [1.807, 2.05) is 17.6 Å². The molecule has 2 bridgehead atoms. The molecule has 1 saturated heterocycles. The van der Waals surface area contributed by atoms with E-state index in [0.29, 0.717) is 11.6 Å². The second kappa shape index (κ2) is 6.70. The van der Waals surface area contributed by atoms with Crippen molar-refractivity contribution in [1.29, 1.82) is 0 Å². The van der Waals surface area contributed by atoms with Gasteiger partial charge in [-0.2, -0.15) is 0 Å². The summed E-state index contributed by atoms with van der Waals surface area (Å²) in [6.45, 7) is 3.76. The molecule has 0 saturated carbocycles. The summed E-state index contributed by atoms with van der Waals surface area (Å²) in [5.74, 6) is 0.0666. The maximum Gasteiger partial charge on any atom is 0.285 e. The predicted octanol–water partition coefficient (Wildman–Crippen LogP) is 0.171. The van der Waals surface area contributed by atoms with Crippen molar-refractivity contribution in [3.8, 4) is 0 Å². The van der Waals surface area contributed by atoms with Crippen molar-refractivity contribution in [3.05, 3.63) is 68.1 Å². The van der Waals surface area contributed by atoms with E-state index >= 15 is 0 Å². The smallest absolute Gasteiger partial charge is 0.285 e. The van der Waals surface area contributed by atoms with Crippen LogP contribution in [0.2, 0.25) is 0 Å². The molecule has 2 aliphatic rings. The summed E-state index contributed by atoms with van der Waals surface area (Å²) in [6.07, 6.45) is 2.29. The van der Waals surface area contributed by atoms with E-state index in [9.17, 15) is 14.4 Å². The number of hydrogen-bond acceptors (Lipinski definition) is 5. The molecule has 0 spiro atoms. The van der Waals surface area contributed by atoms with Crippen LogP contribution in [0.15, 0.2) is 40.1 Å². The molecular weight excluding hydrogens is 372 g/mol. The Kier molecular flexibility index (Phi) is 4.13. The summed E-state index contributed by atoms with van der Waals surface area (Å²) in [5.41, 5.74) is 1.73. The first-order chi connectivity index (χ1) is 14.0.